The minimum atomic E-state index is -1.32. The van der Waals surface area contributed by atoms with Crippen LogP contribution in [-0.2, 0) is 20.7 Å². The molecule has 2 aromatic carbocycles. The molecular formula is C20H17FO4. The number of methoxy groups -OCH3 is 1. The van der Waals surface area contributed by atoms with E-state index in [1.54, 1.807) is 12.1 Å². The van der Waals surface area contributed by atoms with Gasteiger partial charge in [0, 0.05) is 5.56 Å². The Hall–Kier alpha value is -2.95. The van der Waals surface area contributed by atoms with E-state index in [-0.39, 0.29) is 5.56 Å². The largest absolute Gasteiger partial charge is 0.466 e. The predicted octanol–water partition coefficient (Wildman–Crippen LogP) is 3.86. The van der Waals surface area contributed by atoms with Gasteiger partial charge in [-0.25, -0.2) is 14.0 Å². The van der Waals surface area contributed by atoms with Crippen molar-refractivity contribution in [2.45, 2.75) is 18.9 Å². The van der Waals surface area contributed by atoms with E-state index in [1.165, 1.54) is 25.3 Å². The fraction of sp³-hybridized carbons (Fsp3) is 0.200. The van der Waals surface area contributed by atoms with Crippen LogP contribution in [0.4, 0.5) is 4.39 Å². The van der Waals surface area contributed by atoms with Crippen molar-refractivity contribution in [3.05, 3.63) is 76.6 Å². The maximum absolute atomic E-state index is 13.4. The summed E-state index contributed by atoms with van der Waals surface area (Å²) >= 11 is 0. The van der Waals surface area contributed by atoms with Gasteiger partial charge in [-0.2, -0.15) is 0 Å². The highest BCUT2D eigenvalue weighted by molar-refractivity contribution is 5.92. The first kappa shape index (κ1) is 16.9. The predicted molar refractivity (Wildman–Crippen MR) is 90.4 cm³/mol. The zero-order chi connectivity index (χ0) is 17.8. The molecule has 25 heavy (non-hydrogen) atoms. The molecule has 0 fully saturated rings. The van der Waals surface area contributed by atoms with Crippen LogP contribution < -0.4 is 0 Å². The smallest absolute Gasteiger partial charge is 0.351 e. The number of carbonyl (C=O) groups is 2. The van der Waals surface area contributed by atoms with E-state index in [0.29, 0.717) is 5.56 Å². The summed E-state index contributed by atoms with van der Waals surface area (Å²) in [5.74, 6) is -1.94. The molecule has 4 nitrogen and oxygen atoms in total. The molecule has 5 heteroatoms. The number of hydrogen-bond donors (Lipinski definition) is 0. The first-order chi connectivity index (χ1) is 12.1. The Morgan fingerprint density at radius 3 is 2.76 bits per heavy atom. The van der Waals surface area contributed by atoms with Gasteiger partial charge >= 0.3 is 11.9 Å². The number of halogens is 1. The third-order valence-electron chi connectivity index (χ3n) is 4.05. The molecule has 0 amide bonds. The Kier molecular flexibility index (Phi) is 4.93. The average molecular weight is 340 g/mol. The number of fused-ring (bicyclic) bond motifs is 1. The number of aryl methyl sites for hydroxylation is 1. The van der Waals surface area contributed by atoms with E-state index in [4.69, 9.17) is 4.74 Å². The molecule has 1 aliphatic rings. The first-order valence-corrected chi connectivity index (χ1v) is 7.92. The van der Waals surface area contributed by atoms with Gasteiger partial charge in [0.15, 0.2) is 0 Å². The lowest BCUT2D eigenvalue weighted by Crippen LogP contribution is -2.21. The molecule has 1 aliphatic carbocycles. The lowest BCUT2D eigenvalue weighted by Gasteiger charge is -2.17. The molecule has 0 saturated heterocycles. The van der Waals surface area contributed by atoms with E-state index in [1.807, 2.05) is 12.1 Å². The van der Waals surface area contributed by atoms with Crippen LogP contribution >= 0.6 is 0 Å². The SMILES string of the molecule is COC(=O)C(OC(=O)c1ccc2c(c1)CCC=C2)c1cccc(F)c1. The number of benzene rings is 2. The monoisotopic (exact) mass is 340 g/mol. The summed E-state index contributed by atoms with van der Waals surface area (Å²) in [5.41, 5.74) is 2.69. The van der Waals surface area contributed by atoms with Crippen LogP contribution in [0.15, 0.2) is 48.5 Å². The molecule has 128 valence electrons. The highest BCUT2D eigenvalue weighted by Crippen LogP contribution is 2.24. The molecule has 2 aromatic rings. The number of esters is 2. The van der Waals surface area contributed by atoms with Crippen LogP contribution in [0.1, 0.15) is 39.6 Å². The van der Waals surface area contributed by atoms with Crippen molar-refractivity contribution in [2.24, 2.45) is 0 Å². The molecule has 0 heterocycles. The second kappa shape index (κ2) is 7.30. The molecule has 3 rings (SSSR count). The maximum Gasteiger partial charge on any atom is 0.351 e. The summed E-state index contributed by atoms with van der Waals surface area (Å²) in [7, 11) is 1.19. The van der Waals surface area contributed by atoms with Crippen LogP contribution in [0.3, 0.4) is 0 Å². The van der Waals surface area contributed by atoms with Crippen molar-refractivity contribution in [2.75, 3.05) is 7.11 Å². The molecule has 0 N–H and O–H groups in total. The Labute approximate surface area is 144 Å². The van der Waals surface area contributed by atoms with Crippen molar-refractivity contribution in [1.29, 1.82) is 0 Å². The van der Waals surface area contributed by atoms with E-state index in [9.17, 15) is 14.0 Å². The first-order valence-electron chi connectivity index (χ1n) is 7.92. The minimum absolute atomic E-state index is 0.223. The van der Waals surface area contributed by atoms with Crippen molar-refractivity contribution in [1.82, 2.24) is 0 Å². The molecule has 0 radical (unpaired) electrons. The van der Waals surface area contributed by atoms with Crippen LogP contribution in [0, 0.1) is 5.82 Å². The van der Waals surface area contributed by atoms with E-state index in [0.717, 1.165) is 30.0 Å². The van der Waals surface area contributed by atoms with Crippen molar-refractivity contribution >= 4 is 18.0 Å². The Morgan fingerprint density at radius 1 is 1.16 bits per heavy atom. The number of ether oxygens (including phenoxy) is 2. The third kappa shape index (κ3) is 3.76. The summed E-state index contributed by atoms with van der Waals surface area (Å²) < 4.78 is 23.5. The van der Waals surface area contributed by atoms with Gasteiger partial charge in [0.1, 0.15) is 5.82 Å². The maximum atomic E-state index is 13.4. The molecule has 0 aromatic heterocycles. The van der Waals surface area contributed by atoms with E-state index in [2.05, 4.69) is 10.8 Å². The van der Waals surface area contributed by atoms with Crippen molar-refractivity contribution < 1.29 is 23.5 Å². The number of hydrogen-bond acceptors (Lipinski definition) is 4. The Morgan fingerprint density at radius 2 is 2.00 bits per heavy atom. The molecule has 0 bridgehead atoms. The minimum Gasteiger partial charge on any atom is -0.466 e. The number of carbonyl (C=O) groups excluding carboxylic acids is 2. The van der Waals surface area contributed by atoms with Gasteiger partial charge in [0.2, 0.25) is 6.10 Å². The molecular weight excluding hydrogens is 323 g/mol. The zero-order valence-electron chi connectivity index (χ0n) is 13.7. The molecule has 0 saturated carbocycles. The lowest BCUT2D eigenvalue weighted by atomic mass is 9.95. The lowest BCUT2D eigenvalue weighted by molar-refractivity contribution is -0.151. The molecule has 1 atom stereocenters. The summed E-state index contributed by atoms with van der Waals surface area (Å²) in [6.45, 7) is 0. The zero-order valence-corrected chi connectivity index (χ0v) is 13.7. The van der Waals surface area contributed by atoms with Crippen molar-refractivity contribution in [3.63, 3.8) is 0 Å². The van der Waals surface area contributed by atoms with Crippen LogP contribution in [0.5, 0.6) is 0 Å². The molecule has 1 unspecified atom stereocenters. The normalized spacial score (nSPS) is 13.7. The highest BCUT2D eigenvalue weighted by Gasteiger charge is 2.27. The van der Waals surface area contributed by atoms with Gasteiger partial charge in [-0.3, -0.25) is 0 Å². The Bertz CT molecular complexity index is 841. The van der Waals surface area contributed by atoms with Gasteiger partial charge in [-0.05, 0) is 48.2 Å². The highest BCUT2D eigenvalue weighted by atomic mass is 19.1. The standard InChI is InChI=1S/C20H17FO4/c1-24-20(23)18(15-7-4-8-17(21)12-15)25-19(22)16-10-9-13-5-2-3-6-14(13)11-16/h2,4-5,7-12,18H,3,6H2,1H3. The van der Waals surface area contributed by atoms with Crippen LogP contribution in [-0.4, -0.2) is 19.0 Å². The third-order valence-corrected chi connectivity index (χ3v) is 4.05. The van der Waals surface area contributed by atoms with Crippen LogP contribution in [0.2, 0.25) is 0 Å². The van der Waals surface area contributed by atoms with Gasteiger partial charge in [0.25, 0.3) is 0 Å². The molecule has 0 aliphatic heterocycles. The van der Waals surface area contributed by atoms with Gasteiger partial charge < -0.3 is 9.47 Å². The van der Waals surface area contributed by atoms with Crippen molar-refractivity contribution in [3.8, 4) is 0 Å². The van der Waals surface area contributed by atoms with Gasteiger partial charge in [-0.15, -0.1) is 0 Å². The fourth-order valence-corrected chi connectivity index (χ4v) is 2.76. The Balaban J connectivity index is 1.85. The summed E-state index contributed by atoms with van der Waals surface area (Å²) in [6, 6.07) is 10.6. The number of rotatable bonds is 4. The summed E-state index contributed by atoms with van der Waals surface area (Å²) in [6.07, 6.45) is 4.54. The topological polar surface area (TPSA) is 52.6 Å². The summed E-state index contributed by atoms with van der Waals surface area (Å²) in [4.78, 5) is 24.5. The molecule has 0 spiro atoms. The van der Waals surface area contributed by atoms with E-state index >= 15 is 0 Å². The quantitative estimate of drug-likeness (QED) is 0.793. The summed E-state index contributed by atoms with van der Waals surface area (Å²) in [5, 5.41) is 0. The van der Waals surface area contributed by atoms with Gasteiger partial charge in [-0.1, -0.05) is 30.4 Å². The second-order valence-electron chi connectivity index (χ2n) is 5.72. The van der Waals surface area contributed by atoms with E-state index < -0.39 is 23.9 Å². The van der Waals surface area contributed by atoms with Crippen LogP contribution in [0.25, 0.3) is 6.08 Å². The van der Waals surface area contributed by atoms with Gasteiger partial charge in [0.05, 0.1) is 12.7 Å². The second-order valence-corrected chi connectivity index (χ2v) is 5.72. The average Bonchev–Trinajstić information content (AvgIpc) is 2.64. The fourth-order valence-electron chi connectivity index (χ4n) is 2.76. The number of allylic oxidation sites excluding steroid dienone is 1.